The van der Waals surface area contributed by atoms with Gasteiger partial charge in [-0.15, -0.1) is 5.10 Å². The first kappa shape index (κ1) is 61.9. The Morgan fingerprint density at radius 3 is 1.69 bits per heavy atom. The monoisotopic (exact) mass is 1080 g/mol. The molecule has 3 aromatic heterocycles. The van der Waals surface area contributed by atoms with Crippen LogP contribution in [0.4, 0.5) is 21.8 Å². The fraction of sp³-hybridized carbons (Fsp3) is 0.717. The minimum absolute atomic E-state index is 0.0176. The van der Waals surface area contributed by atoms with E-state index >= 15 is 4.39 Å². The van der Waals surface area contributed by atoms with Crippen molar-refractivity contribution in [3.63, 3.8) is 0 Å². The molecule has 2 amide bonds. The normalized spacial score (nSPS) is 18.3. The fourth-order valence-electron chi connectivity index (χ4n) is 8.74. The lowest BCUT2D eigenvalue weighted by molar-refractivity contribution is -0.158. The Kier molecular flexibility index (Phi) is 21.7. The van der Waals surface area contributed by atoms with Gasteiger partial charge in [0.2, 0.25) is 17.8 Å². The molecule has 5 heterocycles. The van der Waals surface area contributed by atoms with Crippen LogP contribution < -0.4 is 25.6 Å². The van der Waals surface area contributed by atoms with E-state index in [0.717, 1.165) is 25.3 Å². The van der Waals surface area contributed by atoms with Crippen LogP contribution in [0, 0.1) is 0 Å². The zero-order chi connectivity index (χ0) is 56.9. The van der Waals surface area contributed by atoms with Crippen LogP contribution in [0.2, 0.25) is 0 Å². The molecule has 3 aromatic rings. The molecule has 2 aliphatic heterocycles. The second-order valence-corrected chi connectivity index (χ2v) is 23.8. The second kappa shape index (κ2) is 27.1. The predicted molar refractivity (Wildman–Crippen MR) is 292 cm³/mol. The van der Waals surface area contributed by atoms with Gasteiger partial charge in [-0.3, -0.25) is 48.3 Å². The van der Waals surface area contributed by atoms with E-state index in [1.54, 1.807) is 15.9 Å². The number of anilines is 3. The van der Waals surface area contributed by atoms with Gasteiger partial charge in [-0.2, -0.15) is 9.97 Å². The van der Waals surface area contributed by atoms with Crippen molar-refractivity contribution in [2.24, 2.45) is 0 Å². The van der Waals surface area contributed by atoms with Crippen LogP contribution in [-0.4, -0.2) is 213 Å². The number of nitrogens with zero attached hydrogens (tertiary/aromatic N) is 11. The molecule has 0 radical (unpaired) electrons. The van der Waals surface area contributed by atoms with Gasteiger partial charge in [0.15, 0.2) is 17.0 Å². The maximum absolute atomic E-state index is 15.2. The highest BCUT2D eigenvalue weighted by molar-refractivity contribution is 5.88. The molecule has 430 valence electrons. The Hall–Kier alpha value is -5.98. The molecule has 77 heavy (non-hydrogen) atoms. The number of carbonyl (C=O) groups excluding carboxylic acids is 5. The van der Waals surface area contributed by atoms with Gasteiger partial charge in [0.05, 0.1) is 58.4 Å². The van der Waals surface area contributed by atoms with Gasteiger partial charge >= 0.3 is 17.9 Å². The molecule has 24 heteroatoms. The van der Waals surface area contributed by atoms with E-state index in [9.17, 15) is 24.0 Å². The zero-order valence-electron chi connectivity index (χ0n) is 48.0. The van der Waals surface area contributed by atoms with Crippen molar-refractivity contribution in [1.82, 2.24) is 59.5 Å². The number of hydrogen-bond donors (Lipinski definition) is 3. The number of imidazole rings is 1. The van der Waals surface area contributed by atoms with Gasteiger partial charge in [0.25, 0.3) is 5.88 Å². The predicted octanol–water partition coefficient (Wildman–Crippen LogP) is 3.89. The second-order valence-electron chi connectivity index (χ2n) is 23.8. The Labute approximate surface area is 453 Å². The highest BCUT2D eigenvalue weighted by Crippen LogP contribution is 2.33. The summed E-state index contributed by atoms with van der Waals surface area (Å²) in [5, 5.41) is 13.7. The third kappa shape index (κ3) is 20.7. The standard InChI is InChI=1S/C53H87FN14O9/c1-15-40(69)57-38-30-66(29-37(38)54)49-59-46(45-47(60-49)68(36-56-45)50(2,3)4)58-39-31-67(61-48(39)74-14)20-18-16-17-19-55-41(70)32-62-21-23-63(33-42(71)75-51(5,6)7)25-27-65(35-44(73)77-53(11,12)13)28-26-64(24-22-62)34-43(72)76-52(8,9)10/h15,31,36-38H,1,16-30,32-35H2,2-14H3,(H,55,70)(H,57,69)(H,58,59,60)/t37-,38-/m1/s1. The summed E-state index contributed by atoms with van der Waals surface area (Å²) in [6.45, 7) is 30.9. The Balaban J connectivity index is 1.20. The summed E-state index contributed by atoms with van der Waals surface area (Å²) in [6.07, 6.45) is 5.56. The molecule has 23 nitrogen and oxygen atoms in total. The van der Waals surface area contributed by atoms with Crippen LogP contribution in [-0.2, 0) is 50.3 Å². The zero-order valence-corrected chi connectivity index (χ0v) is 48.0. The molecule has 2 fully saturated rings. The number of aromatic nitrogens is 6. The van der Waals surface area contributed by atoms with E-state index in [-0.39, 0.29) is 74.6 Å². The lowest BCUT2D eigenvalue weighted by Gasteiger charge is -2.34. The minimum atomic E-state index is -1.34. The third-order valence-electron chi connectivity index (χ3n) is 12.3. The molecule has 0 aromatic carbocycles. The summed E-state index contributed by atoms with van der Waals surface area (Å²) < 4.78 is 41.6. The number of methoxy groups -OCH3 is 1. The molecule has 2 aliphatic rings. The van der Waals surface area contributed by atoms with Crippen molar-refractivity contribution in [1.29, 1.82) is 0 Å². The number of esters is 3. The number of fused-ring (bicyclic) bond motifs is 1. The molecule has 0 saturated carbocycles. The highest BCUT2D eigenvalue weighted by Gasteiger charge is 2.36. The van der Waals surface area contributed by atoms with Crippen molar-refractivity contribution in [3.8, 4) is 5.88 Å². The molecule has 0 spiro atoms. The number of ether oxygens (including phenoxy) is 4. The Bertz CT molecular complexity index is 2430. The molecular weight excluding hydrogens is 996 g/mol. The van der Waals surface area contributed by atoms with Crippen LogP contribution in [0.5, 0.6) is 5.88 Å². The third-order valence-corrected chi connectivity index (χ3v) is 12.3. The lowest BCUT2D eigenvalue weighted by atomic mass is 10.1. The van der Waals surface area contributed by atoms with Gasteiger partial charge in [-0.1, -0.05) is 6.58 Å². The van der Waals surface area contributed by atoms with Gasteiger partial charge in [-0.05, 0) is 108 Å². The summed E-state index contributed by atoms with van der Waals surface area (Å²) in [5.74, 6) is -0.718. The Morgan fingerprint density at radius 2 is 1.22 bits per heavy atom. The van der Waals surface area contributed by atoms with E-state index in [2.05, 4.69) is 32.6 Å². The molecule has 5 rings (SSSR count). The quantitative estimate of drug-likeness (QED) is 0.0630. The Morgan fingerprint density at radius 1 is 0.714 bits per heavy atom. The average Bonchev–Trinajstić information content (AvgIpc) is 4.03. The van der Waals surface area contributed by atoms with Crippen LogP contribution in [0.3, 0.4) is 0 Å². The number of alkyl halides is 1. The first-order valence-electron chi connectivity index (χ1n) is 26.7. The minimum Gasteiger partial charge on any atom is -0.478 e. The number of aryl methyl sites for hydroxylation is 1. The molecule has 3 N–H and O–H groups in total. The summed E-state index contributed by atoms with van der Waals surface area (Å²) in [5.41, 5.74) is -0.796. The summed E-state index contributed by atoms with van der Waals surface area (Å²) in [4.78, 5) is 88.9. The van der Waals surface area contributed by atoms with Crippen molar-refractivity contribution in [2.75, 3.05) is 115 Å². The van der Waals surface area contributed by atoms with Crippen molar-refractivity contribution < 1.29 is 47.3 Å². The van der Waals surface area contributed by atoms with Crippen molar-refractivity contribution in [3.05, 3.63) is 25.2 Å². The van der Waals surface area contributed by atoms with Gasteiger partial charge < -0.3 is 44.4 Å². The number of rotatable bonds is 20. The SMILES string of the molecule is C=CC(=O)N[C@@H]1CN(c2nc(Nc3cn(CCCCCNC(=O)CN4CCN(CC(=O)OC(C)(C)C)CCN(CC(=O)OC(C)(C)C)CCN(CC(=O)OC(C)(C)C)CC4)nc3OC)c3ncn(C(C)(C)C)c3n2)C[C@H]1F. The van der Waals surface area contributed by atoms with Crippen LogP contribution in [0.15, 0.2) is 25.2 Å². The van der Waals surface area contributed by atoms with E-state index in [4.69, 9.17) is 28.9 Å². The number of halogens is 1. The molecular formula is C53H87FN14O9. The summed E-state index contributed by atoms with van der Waals surface area (Å²) in [6, 6.07) is -0.760. The highest BCUT2D eigenvalue weighted by atomic mass is 19.1. The molecule has 0 bridgehead atoms. The average molecular weight is 1080 g/mol. The number of amides is 2. The number of carbonyl (C=O) groups is 5. The molecule has 0 aliphatic carbocycles. The number of unbranched alkanes of at least 4 members (excludes halogenated alkanes) is 2. The largest absolute Gasteiger partial charge is 0.478 e. The van der Waals surface area contributed by atoms with E-state index < -0.39 is 34.9 Å². The van der Waals surface area contributed by atoms with E-state index in [0.29, 0.717) is 94.0 Å². The first-order chi connectivity index (χ1) is 36.0. The molecule has 2 saturated heterocycles. The van der Waals surface area contributed by atoms with Crippen LogP contribution in [0.1, 0.15) is 102 Å². The number of nitrogens with one attached hydrogen (secondary N) is 3. The molecule has 0 unspecified atom stereocenters. The van der Waals surface area contributed by atoms with Crippen molar-refractivity contribution >= 4 is 58.3 Å². The molecule has 2 atom stereocenters. The summed E-state index contributed by atoms with van der Waals surface area (Å²) in [7, 11) is 1.53. The van der Waals surface area contributed by atoms with Gasteiger partial charge in [0.1, 0.15) is 28.7 Å². The smallest absolute Gasteiger partial charge is 0.320 e. The first-order valence-corrected chi connectivity index (χ1v) is 26.7. The van der Waals surface area contributed by atoms with Gasteiger partial charge in [-0.25, -0.2) is 9.37 Å². The summed E-state index contributed by atoms with van der Waals surface area (Å²) >= 11 is 0. The lowest BCUT2D eigenvalue weighted by Crippen LogP contribution is -2.50. The maximum Gasteiger partial charge on any atom is 0.320 e. The van der Waals surface area contributed by atoms with Crippen molar-refractivity contribution in [2.45, 2.75) is 143 Å². The topological polar surface area (TPSA) is 236 Å². The van der Waals surface area contributed by atoms with Gasteiger partial charge in [0, 0.05) is 77.5 Å². The number of hydrogen-bond acceptors (Lipinski definition) is 19. The maximum atomic E-state index is 15.2. The van der Waals surface area contributed by atoms with E-state index in [1.807, 2.05) is 113 Å². The van der Waals surface area contributed by atoms with Crippen LogP contribution >= 0.6 is 0 Å². The van der Waals surface area contributed by atoms with E-state index in [1.165, 1.54) is 7.11 Å². The van der Waals surface area contributed by atoms with Crippen LogP contribution in [0.25, 0.3) is 11.2 Å². The fourth-order valence-corrected chi connectivity index (χ4v) is 8.74.